The normalized spacial score (nSPS) is 25.0. The van der Waals surface area contributed by atoms with Crippen molar-refractivity contribution in [3.63, 3.8) is 0 Å². The molecule has 1 fully saturated rings. The molecule has 0 amide bonds. The van der Waals surface area contributed by atoms with Crippen molar-refractivity contribution in [3.05, 3.63) is 65.2 Å². The van der Waals surface area contributed by atoms with Gasteiger partial charge >= 0.3 is 5.97 Å². The summed E-state index contributed by atoms with van der Waals surface area (Å²) in [6.45, 7) is 3.64. The largest absolute Gasteiger partial charge is 0.481 e. The van der Waals surface area contributed by atoms with Crippen LogP contribution in [0.1, 0.15) is 22.6 Å². The lowest BCUT2D eigenvalue weighted by atomic mass is 9.99. The molecule has 0 aliphatic heterocycles. The zero-order chi connectivity index (χ0) is 19.1. The Morgan fingerprint density at radius 2 is 1.54 bits per heavy atom. The van der Waals surface area contributed by atoms with E-state index in [1.165, 1.54) is 19.2 Å². The zero-order valence-corrected chi connectivity index (χ0v) is 15.8. The van der Waals surface area contributed by atoms with Crippen molar-refractivity contribution in [2.45, 2.75) is 29.9 Å². The van der Waals surface area contributed by atoms with E-state index in [1.54, 1.807) is 24.3 Å². The predicted molar refractivity (Wildman–Crippen MR) is 98.0 cm³/mol. The number of hydrogen-bond donors (Lipinski definition) is 1. The topological polar surface area (TPSA) is 80.7 Å². The first kappa shape index (κ1) is 18.6. The molecule has 1 N–H and O–H groups in total. The second-order valence-corrected chi connectivity index (χ2v) is 9.01. The molecule has 0 aromatic heterocycles. The van der Waals surface area contributed by atoms with Crippen LogP contribution in [0.25, 0.3) is 0 Å². The number of benzene rings is 2. The van der Waals surface area contributed by atoms with Gasteiger partial charge in [0.05, 0.1) is 16.8 Å². The Balaban J connectivity index is 2.11. The van der Waals surface area contributed by atoms with Crippen LogP contribution in [-0.2, 0) is 19.4 Å². The number of sulfone groups is 1. The summed E-state index contributed by atoms with van der Waals surface area (Å²) in [6, 6.07) is 13.8. The highest BCUT2D eigenvalue weighted by Gasteiger charge is 2.76. The van der Waals surface area contributed by atoms with Crippen molar-refractivity contribution in [3.8, 4) is 0 Å². The molecule has 1 aliphatic rings. The van der Waals surface area contributed by atoms with Gasteiger partial charge in [0.2, 0.25) is 0 Å². The molecule has 2 aromatic rings. The fraction of sp³-hybridized carbons (Fsp3) is 0.350. The molecule has 1 aliphatic carbocycles. The van der Waals surface area contributed by atoms with Gasteiger partial charge < -0.3 is 9.84 Å². The van der Waals surface area contributed by atoms with Crippen LogP contribution in [0.2, 0.25) is 0 Å². The van der Waals surface area contributed by atoms with Gasteiger partial charge in [-0.05, 0) is 31.5 Å². The molecule has 0 heterocycles. The number of hydrogen-bond acceptors (Lipinski definition) is 4. The number of carboxylic acid groups (broad SMARTS) is 1. The molecule has 0 unspecified atom stereocenters. The van der Waals surface area contributed by atoms with Crippen molar-refractivity contribution < 1.29 is 23.1 Å². The first-order valence-electron chi connectivity index (χ1n) is 8.34. The predicted octanol–water partition coefficient (Wildman–Crippen LogP) is 2.96. The number of rotatable bonds is 6. The fourth-order valence-electron chi connectivity index (χ4n) is 3.71. The molecule has 138 valence electrons. The maximum absolute atomic E-state index is 13.2. The highest BCUT2D eigenvalue weighted by molar-refractivity contribution is 7.92. The molecule has 3 rings (SSSR count). The minimum absolute atomic E-state index is 0.143. The molecule has 5 nitrogen and oxygen atoms in total. The number of ether oxygens (including phenoxy) is 1. The second kappa shape index (κ2) is 6.52. The van der Waals surface area contributed by atoms with Gasteiger partial charge in [0.1, 0.15) is 5.41 Å². The lowest BCUT2D eigenvalue weighted by Crippen LogP contribution is -2.28. The highest BCUT2D eigenvalue weighted by Crippen LogP contribution is 2.64. The third-order valence-electron chi connectivity index (χ3n) is 5.16. The van der Waals surface area contributed by atoms with Gasteiger partial charge in [-0.15, -0.1) is 0 Å². The average Bonchev–Trinajstić information content (AvgIpc) is 3.27. The fourth-order valence-corrected chi connectivity index (χ4v) is 6.07. The Morgan fingerprint density at radius 3 is 2.00 bits per heavy atom. The van der Waals surface area contributed by atoms with Crippen LogP contribution >= 0.6 is 0 Å². The first-order valence-corrected chi connectivity index (χ1v) is 9.89. The van der Waals surface area contributed by atoms with Crippen molar-refractivity contribution in [1.29, 1.82) is 0 Å². The van der Waals surface area contributed by atoms with Crippen molar-refractivity contribution in [2.75, 3.05) is 13.7 Å². The van der Waals surface area contributed by atoms with Crippen LogP contribution in [0, 0.1) is 19.3 Å². The van der Waals surface area contributed by atoms with E-state index in [-0.39, 0.29) is 11.5 Å². The molecule has 3 atom stereocenters. The van der Waals surface area contributed by atoms with E-state index in [0.717, 1.165) is 11.1 Å². The van der Waals surface area contributed by atoms with Crippen molar-refractivity contribution >= 4 is 15.8 Å². The molecule has 0 saturated heterocycles. The minimum atomic E-state index is -3.83. The van der Waals surface area contributed by atoms with E-state index in [9.17, 15) is 18.3 Å². The molecule has 0 spiro atoms. The Bertz CT molecular complexity index is 916. The van der Waals surface area contributed by atoms with Gasteiger partial charge in [0.15, 0.2) is 9.84 Å². The third-order valence-corrected chi connectivity index (χ3v) is 7.45. The number of aryl methyl sites for hydroxylation is 2. The lowest BCUT2D eigenvalue weighted by molar-refractivity contribution is -0.145. The zero-order valence-electron chi connectivity index (χ0n) is 15.0. The van der Waals surface area contributed by atoms with Gasteiger partial charge in [0.25, 0.3) is 0 Å². The Hall–Kier alpha value is -2.18. The van der Waals surface area contributed by atoms with Crippen LogP contribution in [0.15, 0.2) is 53.4 Å². The Kier molecular flexibility index (Phi) is 4.67. The summed E-state index contributed by atoms with van der Waals surface area (Å²) in [4.78, 5) is 12.3. The summed E-state index contributed by atoms with van der Waals surface area (Å²) in [5.74, 6) is -1.79. The summed E-state index contributed by atoms with van der Waals surface area (Å²) in [5.41, 5.74) is 1.19. The number of carbonyl (C=O) groups is 1. The highest BCUT2D eigenvalue weighted by atomic mass is 32.2. The molecule has 26 heavy (non-hydrogen) atoms. The molecular formula is C20H22O5S. The van der Waals surface area contributed by atoms with Crippen LogP contribution in [0.3, 0.4) is 0 Å². The standard InChI is InChI=1S/C20H22O5S/c1-13-4-8-15(9-5-13)17-18(20(17,12-25-3)19(21)22)26(23,24)16-10-6-14(2)7-11-16/h4-11,17-18H,12H2,1-3H3,(H,21,22)/t17-,18+,20-/m1/s1. The molecule has 0 bridgehead atoms. The lowest BCUT2D eigenvalue weighted by Gasteiger charge is -2.12. The van der Waals surface area contributed by atoms with E-state index in [0.29, 0.717) is 5.56 Å². The number of methoxy groups -OCH3 is 1. The van der Waals surface area contributed by atoms with E-state index >= 15 is 0 Å². The van der Waals surface area contributed by atoms with Crippen LogP contribution in [-0.4, -0.2) is 38.5 Å². The second-order valence-electron chi connectivity index (χ2n) is 6.95. The minimum Gasteiger partial charge on any atom is -0.481 e. The van der Waals surface area contributed by atoms with Gasteiger partial charge in [-0.25, -0.2) is 8.42 Å². The summed E-state index contributed by atoms with van der Waals surface area (Å²) < 4.78 is 31.6. The molecule has 0 radical (unpaired) electrons. The average molecular weight is 374 g/mol. The van der Waals surface area contributed by atoms with E-state index in [4.69, 9.17) is 4.74 Å². The first-order chi connectivity index (χ1) is 12.2. The number of carboxylic acids is 1. The Labute approximate surface area is 153 Å². The van der Waals surface area contributed by atoms with Gasteiger partial charge in [0, 0.05) is 13.0 Å². The summed E-state index contributed by atoms with van der Waals surface area (Å²) >= 11 is 0. The molecule has 2 aromatic carbocycles. The van der Waals surface area contributed by atoms with E-state index in [2.05, 4.69) is 0 Å². The van der Waals surface area contributed by atoms with Crippen molar-refractivity contribution in [2.24, 2.45) is 5.41 Å². The van der Waals surface area contributed by atoms with Crippen molar-refractivity contribution in [1.82, 2.24) is 0 Å². The smallest absolute Gasteiger partial charge is 0.314 e. The summed E-state index contributed by atoms with van der Waals surface area (Å²) in [5, 5.41) is 8.84. The van der Waals surface area contributed by atoms with Gasteiger partial charge in [-0.1, -0.05) is 47.5 Å². The summed E-state index contributed by atoms with van der Waals surface area (Å²) in [7, 11) is -2.43. The maximum Gasteiger partial charge on any atom is 0.314 e. The monoisotopic (exact) mass is 374 g/mol. The number of aliphatic carboxylic acids is 1. The van der Waals surface area contributed by atoms with E-state index in [1.807, 2.05) is 26.0 Å². The van der Waals surface area contributed by atoms with Crippen LogP contribution in [0.4, 0.5) is 0 Å². The molecule has 6 heteroatoms. The maximum atomic E-state index is 13.2. The molecule has 1 saturated carbocycles. The quantitative estimate of drug-likeness (QED) is 0.841. The van der Waals surface area contributed by atoms with Gasteiger partial charge in [-0.3, -0.25) is 4.79 Å². The van der Waals surface area contributed by atoms with Crippen LogP contribution < -0.4 is 0 Å². The van der Waals surface area contributed by atoms with Crippen LogP contribution in [0.5, 0.6) is 0 Å². The SMILES string of the molecule is COC[C@@]1(C(=O)O)[C@H](c2ccc(C)cc2)[C@@H]1S(=O)(=O)c1ccc(C)cc1. The van der Waals surface area contributed by atoms with Gasteiger partial charge in [-0.2, -0.15) is 0 Å². The Morgan fingerprint density at radius 1 is 1.04 bits per heavy atom. The third kappa shape index (κ3) is 2.83. The summed E-state index contributed by atoms with van der Waals surface area (Å²) in [6.07, 6.45) is 0. The van der Waals surface area contributed by atoms with E-state index < -0.39 is 32.4 Å². The molecular weight excluding hydrogens is 352 g/mol.